The minimum Gasteiger partial charge on any atom is -0.318 e. The van der Waals surface area contributed by atoms with Crippen molar-refractivity contribution in [1.82, 2.24) is 15.2 Å². The van der Waals surface area contributed by atoms with E-state index in [1.807, 2.05) is 7.05 Å². The molecule has 2 heterocycles. The van der Waals surface area contributed by atoms with Crippen LogP contribution in [0.25, 0.3) is 10.9 Å². The van der Waals surface area contributed by atoms with E-state index in [4.69, 9.17) is 0 Å². The average Bonchev–Trinajstić information content (AvgIpc) is 2.86. The van der Waals surface area contributed by atoms with E-state index in [9.17, 15) is 0 Å². The van der Waals surface area contributed by atoms with Gasteiger partial charge in [-0.05, 0) is 51.1 Å². The molecule has 2 aromatic rings. The minimum absolute atomic E-state index is 0.673. The van der Waals surface area contributed by atoms with E-state index in [0.717, 1.165) is 24.3 Å². The Labute approximate surface area is 121 Å². The van der Waals surface area contributed by atoms with Crippen LogP contribution in [0.5, 0.6) is 0 Å². The lowest BCUT2D eigenvalue weighted by Crippen LogP contribution is -2.36. The fourth-order valence-corrected chi connectivity index (χ4v) is 3.31. The van der Waals surface area contributed by atoms with E-state index >= 15 is 0 Å². The lowest BCUT2D eigenvalue weighted by atomic mass is 10.1. The number of nitrogens with one attached hydrogen (secondary N) is 1. The number of hydrogen-bond donors (Lipinski definition) is 1. The van der Waals surface area contributed by atoms with E-state index in [1.54, 1.807) is 0 Å². The van der Waals surface area contributed by atoms with Gasteiger partial charge in [0.05, 0.1) is 5.52 Å². The SMILES string of the molecule is CNCC1CCCN1Cc1cc(C)nc2ccccc12. The molecular weight excluding hydrogens is 246 g/mol. The van der Waals surface area contributed by atoms with Crippen molar-refractivity contribution in [2.75, 3.05) is 20.1 Å². The summed E-state index contributed by atoms with van der Waals surface area (Å²) in [5.41, 5.74) is 3.64. The number of likely N-dealkylation sites (tertiary alicyclic amines) is 1. The Bertz CT molecular complexity index is 594. The van der Waals surface area contributed by atoms with Crippen molar-refractivity contribution in [3.8, 4) is 0 Å². The van der Waals surface area contributed by atoms with Crippen LogP contribution in [-0.2, 0) is 6.54 Å². The van der Waals surface area contributed by atoms with Gasteiger partial charge in [0.1, 0.15) is 0 Å². The number of hydrogen-bond acceptors (Lipinski definition) is 3. The molecule has 0 amide bonds. The van der Waals surface area contributed by atoms with E-state index in [1.165, 1.54) is 30.3 Å². The molecule has 1 saturated heterocycles. The molecular formula is C17H23N3. The second-order valence-corrected chi connectivity index (χ2v) is 5.76. The largest absolute Gasteiger partial charge is 0.318 e. The molecule has 1 aliphatic rings. The van der Waals surface area contributed by atoms with Crippen LogP contribution in [0.2, 0.25) is 0 Å². The van der Waals surface area contributed by atoms with Crippen molar-refractivity contribution in [3.63, 3.8) is 0 Å². The highest BCUT2D eigenvalue weighted by atomic mass is 15.2. The monoisotopic (exact) mass is 269 g/mol. The number of pyridine rings is 1. The zero-order valence-electron chi connectivity index (χ0n) is 12.4. The fourth-order valence-electron chi connectivity index (χ4n) is 3.31. The third-order valence-corrected chi connectivity index (χ3v) is 4.24. The molecule has 0 saturated carbocycles. The summed E-state index contributed by atoms with van der Waals surface area (Å²) in [5.74, 6) is 0. The third kappa shape index (κ3) is 2.69. The van der Waals surface area contributed by atoms with Gasteiger partial charge in [-0.3, -0.25) is 9.88 Å². The van der Waals surface area contributed by atoms with Crippen LogP contribution in [0.15, 0.2) is 30.3 Å². The molecule has 20 heavy (non-hydrogen) atoms. The lowest BCUT2D eigenvalue weighted by Gasteiger charge is -2.25. The molecule has 1 aliphatic heterocycles. The van der Waals surface area contributed by atoms with E-state index < -0.39 is 0 Å². The molecule has 1 unspecified atom stereocenters. The molecule has 1 atom stereocenters. The number of aryl methyl sites for hydroxylation is 1. The Morgan fingerprint density at radius 1 is 1.35 bits per heavy atom. The Balaban J connectivity index is 1.90. The average molecular weight is 269 g/mol. The second-order valence-electron chi connectivity index (χ2n) is 5.76. The van der Waals surface area contributed by atoms with Gasteiger partial charge in [0.2, 0.25) is 0 Å². The molecule has 1 aromatic carbocycles. The Hall–Kier alpha value is -1.45. The normalized spacial score (nSPS) is 19.8. The molecule has 3 heteroatoms. The van der Waals surface area contributed by atoms with Crippen molar-refractivity contribution >= 4 is 10.9 Å². The van der Waals surface area contributed by atoms with Crippen LogP contribution in [-0.4, -0.2) is 36.1 Å². The minimum atomic E-state index is 0.673. The molecule has 0 radical (unpaired) electrons. The van der Waals surface area contributed by atoms with Gasteiger partial charge in [-0.2, -0.15) is 0 Å². The molecule has 1 aromatic heterocycles. The topological polar surface area (TPSA) is 28.2 Å². The highest BCUT2D eigenvalue weighted by Gasteiger charge is 2.24. The summed E-state index contributed by atoms with van der Waals surface area (Å²) in [5, 5.41) is 4.62. The molecule has 106 valence electrons. The first-order valence-corrected chi connectivity index (χ1v) is 7.52. The predicted octanol–water partition coefficient (Wildman–Crippen LogP) is 2.73. The molecule has 0 spiro atoms. The maximum Gasteiger partial charge on any atom is 0.0708 e. The summed E-state index contributed by atoms with van der Waals surface area (Å²) in [7, 11) is 2.04. The van der Waals surface area contributed by atoms with Crippen LogP contribution in [0.1, 0.15) is 24.1 Å². The van der Waals surface area contributed by atoms with Gasteiger partial charge < -0.3 is 5.32 Å². The highest BCUT2D eigenvalue weighted by Crippen LogP contribution is 2.24. The van der Waals surface area contributed by atoms with Crippen LogP contribution >= 0.6 is 0 Å². The van der Waals surface area contributed by atoms with Gasteiger partial charge in [0, 0.05) is 30.2 Å². The first-order valence-electron chi connectivity index (χ1n) is 7.52. The number of benzene rings is 1. The van der Waals surface area contributed by atoms with Crippen LogP contribution in [0.3, 0.4) is 0 Å². The second kappa shape index (κ2) is 5.90. The first-order chi connectivity index (χ1) is 9.78. The van der Waals surface area contributed by atoms with Crippen molar-refractivity contribution in [1.29, 1.82) is 0 Å². The summed E-state index contributed by atoms with van der Waals surface area (Å²) in [4.78, 5) is 7.24. The van der Waals surface area contributed by atoms with E-state index in [-0.39, 0.29) is 0 Å². The number of likely N-dealkylation sites (N-methyl/N-ethyl adjacent to an activating group) is 1. The Kier molecular flexibility index (Phi) is 3.99. The van der Waals surface area contributed by atoms with Crippen molar-refractivity contribution in [2.45, 2.75) is 32.4 Å². The summed E-state index contributed by atoms with van der Waals surface area (Å²) in [6, 6.07) is 11.4. The summed E-state index contributed by atoms with van der Waals surface area (Å²) >= 11 is 0. The molecule has 1 N–H and O–H groups in total. The van der Waals surface area contributed by atoms with Gasteiger partial charge in [-0.1, -0.05) is 18.2 Å². The van der Waals surface area contributed by atoms with Crippen LogP contribution in [0.4, 0.5) is 0 Å². The van der Waals surface area contributed by atoms with Crippen molar-refractivity contribution in [2.24, 2.45) is 0 Å². The molecule has 1 fully saturated rings. The zero-order chi connectivity index (χ0) is 13.9. The van der Waals surface area contributed by atoms with Gasteiger partial charge >= 0.3 is 0 Å². The molecule has 0 bridgehead atoms. The maximum absolute atomic E-state index is 4.64. The van der Waals surface area contributed by atoms with Crippen LogP contribution < -0.4 is 5.32 Å². The smallest absolute Gasteiger partial charge is 0.0708 e. The molecule has 3 nitrogen and oxygen atoms in total. The lowest BCUT2D eigenvalue weighted by molar-refractivity contribution is 0.243. The number of rotatable bonds is 4. The van der Waals surface area contributed by atoms with Gasteiger partial charge in [0.25, 0.3) is 0 Å². The third-order valence-electron chi connectivity index (χ3n) is 4.24. The Morgan fingerprint density at radius 2 is 2.20 bits per heavy atom. The highest BCUT2D eigenvalue weighted by molar-refractivity contribution is 5.82. The van der Waals surface area contributed by atoms with Gasteiger partial charge in [-0.25, -0.2) is 0 Å². The number of para-hydroxylation sites is 1. The van der Waals surface area contributed by atoms with Crippen molar-refractivity contribution in [3.05, 3.63) is 41.6 Å². The summed E-state index contributed by atoms with van der Waals surface area (Å²) in [6.07, 6.45) is 2.62. The van der Waals surface area contributed by atoms with Crippen molar-refractivity contribution < 1.29 is 0 Å². The number of nitrogens with zero attached hydrogens (tertiary/aromatic N) is 2. The summed E-state index contributed by atoms with van der Waals surface area (Å²) < 4.78 is 0. The fraction of sp³-hybridized carbons (Fsp3) is 0.471. The van der Waals surface area contributed by atoms with Crippen LogP contribution in [0, 0.1) is 6.92 Å². The van der Waals surface area contributed by atoms with E-state index in [0.29, 0.717) is 6.04 Å². The van der Waals surface area contributed by atoms with Gasteiger partial charge in [-0.15, -0.1) is 0 Å². The van der Waals surface area contributed by atoms with E-state index in [2.05, 4.69) is 52.5 Å². The molecule has 0 aliphatic carbocycles. The quantitative estimate of drug-likeness (QED) is 0.925. The predicted molar refractivity (Wildman–Crippen MR) is 83.8 cm³/mol. The zero-order valence-corrected chi connectivity index (χ0v) is 12.4. The maximum atomic E-state index is 4.64. The summed E-state index contributed by atoms with van der Waals surface area (Å²) in [6.45, 7) is 5.42. The standard InChI is InChI=1S/C17H23N3/c1-13-10-14(16-7-3-4-8-17(16)19-13)12-20-9-5-6-15(20)11-18-2/h3-4,7-8,10,15,18H,5-6,9,11-12H2,1-2H3. The Morgan fingerprint density at radius 3 is 3.05 bits per heavy atom. The van der Waals surface area contributed by atoms with Gasteiger partial charge in [0.15, 0.2) is 0 Å². The first kappa shape index (κ1) is 13.5. The number of aromatic nitrogens is 1. The number of fused-ring (bicyclic) bond motifs is 1. The molecule has 3 rings (SSSR count).